The molecule has 0 spiro atoms. The number of aliphatic hydroxyl groups is 1. The Morgan fingerprint density at radius 1 is 1.25 bits per heavy atom. The average Bonchev–Trinajstić information content (AvgIpc) is 2.41. The van der Waals surface area contributed by atoms with Crippen LogP contribution in [0.15, 0.2) is 24.3 Å². The van der Waals surface area contributed by atoms with Gasteiger partial charge in [-0.05, 0) is 44.4 Å². The fraction of sp³-hybridized carbons (Fsp3) is 0.562. The highest BCUT2D eigenvalue weighted by atomic mass is 16.3. The number of carbonyl (C=O) groups excluding carboxylic acids is 1. The molecule has 110 valence electrons. The number of carbonyl (C=O) groups is 1. The SMILES string of the molecule is CC(C)(C(=O)N[C@@H]1CCCC[C@H]1O)c1ccc(N)cc1. The maximum absolute atomic E-state index is 12.5. The Kier molecular flexibility index (Phi) is 4.33. The van der Waals surface area contributed by atoms with Crippen LogP contribution in [0, 0.1) is 0 Å². The van der Waals surface area contributed by atoms with Crippen molar-refractivity contribution in [3.63, 3.8) is 0 Å². The molecule has 4 heteroatoms. The highest BCUT2D eigenvalue weighted by molar-refractivity contribution is 5.87. The van der Waals surface area contributed by atoms with Crippen LogP contribution in [0.2, 0.25) is 0 Å². The summed E-state index contributed by atoms with van der Waals surface area (Å²) < 4.78 is 0. The van der Waals surface area contributed by atoms with Gasteiger partial charge in [0.15, 0.2) is 0 Å². The van der Waals surface area contributed by atoms with E-state index in [1.807, 2.05) is 26.0 Å². The van der Waals surface area contributed by atoms with Crippen molar-refractivity contribution < 1.29 is 9.90 Å². The molecule has 1 aromatic carbocycles. The van der Waals surface area contributed by atoms with Gasteiger partial charge in [0.1, 0.15) is 0 Å². The Bertz CT molecular complexity index is 468. The highest BCUT2D eigenvalue weighted by Crippen LogP contribution is 2.26. The van der Waals surface area contributed by atoms with Crippen molar-refractivity contribution in [3.05, 3.63) is 29.8 Å². The summed E-state index contributed by atoms with van der Waals surface area (Å²) in [6, 6.07) is 7.25. The van der Waals surface area contributed by atoms with Crippen LogP contribution in [0.25, 0.3) is 0 Å². The quantitative estimate of drug-likeness (QED) is 0.739. The Hall–Kier alpha value is -1.55. The molecule has 2 atom stereocenters. The van der Waals surface area contributed by atoms with Crippen molar-refractivity contribution in [2.45, 2.75) is 57.1 Å². The lowest BCUT2D eigenvalue weighted by Crippen LogP contribution is -2.50. The number of hydrogen-bond acceptors (Lipinski definition) is 3. The summed E-state index contributed by atoms with van der Waals surface area (Å²) in [6.07, 6.45) is 3.30. The van der Waals surface area contributed by atoms with Crippen molar-refractivity contribution in [1.29, 1.82) is 0 Å². The van der Waals surface area contributed by atoms with E-state index in [0.29, 0.717) is 5.69 Å². The Morgan fingerprint density at radius 3 is 2.45 bits per heavy atom. The fourth-order valence-corrected chi connectivity index (χ4v) is 2.66. The van der Waals surface area contributed by atoms with Gasteiger partial charge in [-0.2, -0.15) is 0 Å². The first-order valence-corrected chi connectivity index (χ1v) is 7.26. The van der Waals surface area contributed by atoms with E-state index in [1.54, 1.807) is 12.1 Å². The van der Waals surface area contributed by atoms with Gasteiger partial charge in [0.05, 0.1) is 17.6 Å². The third kappa shape index (κ3) is 3.12. The first kappa shape index (κ1) is 14.9. The zero-order chi connectivity index (χ0) is 14.8. The second-order valence-corrected chi connectivity index (χ2v) is 6.18. The van der Waals surface area contributed by atoms with Gasteiger partial charge in [0.25, 0.3) is 0 Å². The second-order valence-electron chi connectivity index (χ2n) is 6.18. The van der Waals surface area contributed by atoms with Crippen molar-refractivity contribution in [1.82, 2.24) is 5.32 Å². The highest BCUT2D eigenvalue weighted by Gasteiger charge is 2.33. The van der Waals surface area contributed by atoms with E-state index in [9.17, 15) is 9.90 Å². The lowest BCUT2D eigenvalue weighted by molar-refractivity contribution is -0.127. The molecular formula is C16H24N2O2. The number of nitrogens with one attached hydrogen (secondary N) is 1. The van der Waals surface area contributed by atoms with Gasteiger partial charge in [-0.3, -0.25) is 4.79 Å². The zero-order valence-corrected chi connectivity index (χ0v) is 12.2. The first-order valence-electron chi connectivity index (χ1n) is 7.26. The number of aliphatic hydroxyl groups excluding tert-OH is 1. The van der Waals surface area contributed by atoms with Gasteiger partial charge < -0.3 is 16.2 Å². The van der Waals surface area contributed by atoms with Crippen LogP contribution < -0.4 is 11.1 Å². The Labute approximate surface area is 120 Å². The summed E-state index contributed by atoms with van der Waals surface area (Å²) in [6.45, 7) is 3.78. The average molecular weight is 276 g/mol. The van der Waals surface area contributed by atoms with Gasteiger partial charge in [-0.1, -0.05) is 25.0 Å². The van der Waals surface area contributed by atoms with Crippen LogP contribution >= 0.6 is 0 Å². The summed E-state index contributed by atoms with van der Waals surface area (Å²) in [5.74, 6) is -0.0479. The van der Waals surface area contributed by atoms with Crippen LogP contribution in [-0.2, 0) is 10.2 Å². The molecule has 1 aliphatic carbocycles. The van der Waals surface area contributed by atoms with Gasteiger partial charge in [0.2, 0.25) is 5.91 Å². The minimum Gasteiger partial charge on any atom is -0.399 e. The minimum absolute atomic E-state index is 0.0479. The molecule has 1 aromatic rings. The molecule has 0 bridgehead atoms. The summed E-state index contributed by atoms with van der Waals surface area (Å²) in [7, 11) is 0. The van der Waals surface area contributed by atoms with E-state index in [1.165, 1.54) is 0 Å². The van der Waals surface area contributed by atoms with Crippen molar-refractivity contribution >= 4 is 11.6 Å². The molecule has 2 rings (SSSR count). The monoisotopic (exact) mass is 276 g/mol. The number of amides is 1. The minimum atomic E-state index is -0.634. The lowest BCUT2D eigenvalue weighted by atomic mass is 9.82. The van der Waals surface area contributed by atoms with Gasteiger partial charge in [-0.25, -0.2) is 0 Å². The van der Waals surface area contributed by atoms with Crippen LogP contribution in [0.3, 0.4) is 0 Å². The second kappa shape index (κ2) is 5.83. The van der Waals surface area contributed by atoms with Crippen LogP contribution in [0.1, 0.15) is 45.1 Å². The maximum atomic E-state index is 12.5. The smallest absolute Gasteiger partial charge is 0.230 e. The Morgan fingerprint density at radius 2 is 1.85 bits per heavy atom. The molecule has 0 unspecified atom stereocenters. The molecule has 1 saturated carbocycles. The zero-order valence-electron chi connectivity index (χ0n) is 12.2. The summed E-state index contributed by atoms with van der Waals surface area (Å²) >= 11 is 0. The first-order chi connectivity index (χ1) is 9.41. The molecule has 4 N–H and O–H groups in total. The standard InChI is InChI=1S/C16H24N2O2/c1-16(2,11-7-9-12(17)10-8-11)15(20)18-13-5-3-4-6-14(13)19/h7-10,13-14,19H,3-6,17H2,1-2H3,(H,18,20)/t13-,14-/m1/s1. The summed E-state index contributed by atoms with van der Waals surface area (Å²) in [4.78, 5) is 12.5. The third-order valence-corrected chi connectivity index (χ3v) is 4.25. The van der Waals surface area contributed by atoms with Crippen molar-refractivity contribution in [3.8, 4) is 0 Å². The van der Waals surface area contributed by atoms with Gasteiger partial charge in [0, 0.05) is 5.69 Å². The largest absolute Gasteiger partial charge is 0.399 e. The number of anilines is 1. The number of nitrogen functional groups attached to an aromatic ring is 1. The van der Waals surface area contributed by atoms with E-state index in [0.717, 1.165) is 31.2 Å². The van der Waals surface area contributed by atoms with Crippen LogP contribution in [0.4, 0.5) is 5.69 Å². The molecule has 0 saturated heterocycles. The fourth-order valence-electron chi connectivity index (χ4n) is 2.66. The lowest BCUT2D eigenvalue weighted by Gasteiger charge is -2.32. The summed E-state index contributed by atoms with van der Waals surface area (Å²) in [5, 5.41) is 13.0. The molecule has 4 nitrogen and oxygen atoms in total. The van der Waals surface area contributed by atoms with Crippen molar-refractivity contribution in [2.75, 3.05) is 5.73 Å². The van der Waals surface area contributed by atoms with Crippen molar-refractivity contribution in [2.24, 2.45) is 0 Å². The normalized spacial score (nSPS) is 23.4. The van der Waals surface area contributed by atoms with Gasteiger partial charge >= 0.3 is 0 Å². The molecule has 0 aliphatic heterocycles. The molecule has 1 aliphatic rings. The summed E-state index contributed by atoms with van der Waals surface area (Å²) in [5.41, 5.74) is 6.66. The molecule has 1 amide bonds. The topological polar surface area (TPSA) is 75.3 Å². The van der Waals surface area contributed by atoms with Crippen LogP contribution in [-0.4, -0.2) is 23.2 Å². The third-order valence-electron chi connectivity index (χ3n) is 4.25. The molecule has 20 heavy (non-hydrogen) atoms. The number of rotatable bonds is 3. The molecule has 1 fully saturated rings. The molecule has 0 radical (unpaired) electrons. The van der Waals surface area contributed by atoms with E-state index >= 15 is 0 Å². The maximum Gasteiger partial charge on any atom is 0.230 e. The predicted molar refractivity (Wildman–Crippen MR) is 80.3 cm³/mol. The molecular weight excluding hydrogens is 252 g/mol. The predicted octanol–water partition coefficient (Wildman–Crippen LogP) is 1.97. The van der Waals surface area contributed by atoms with E-state index < -0.39 is 11.5 Å². The van der Waals surface area contributed by atoms with E-state index in [2.05, 4.69) is 5.32 Å². The number of hydrogen-bond donors (Lipinski definition) is 3. The van der Waals surface area contributed by atoms with Gasteiger partial charge in [-0.15, -0.1) is 0 Å². The number of benzene rings is 1. The number of nitrogens with two attached hydrogens (primary N) is 1. The van der Waals surface area contributed by atoms with E-state index in [-0.39, 0.29) is 11.9 Å². The molecule has 0 aromatic heterocycles. The van der Waals surface area contributed by atoms with E-state index in [4.69, 9.17) is 5.73 Å². The molecule has 0 heterocycles. The van der Waals surface area contributed by atoms with Crippen LogP contribution in [0.5, 0.6) is 0 Å². The Balaban J connectivity index is 2.08.